The van der Waals surface area contributed by atoms with Gasteiger partial charge in [-0.25, -0.2) is 0 Å². The summed E-state index contributed by atoms with van der Waals surface area (Å²) < 4.78 is 27.3. The maximum atomic E-state index is 12.5. The Kier molecular flexibility index (Phi) is 5.70. The molecule has 0 saturated heterocycles. The van der Waals surface area contributed by atoms with Crippen LogP contribution in [0, 0.1) is 0 Å². The molecule has 0 spiro atoms. The van der Waals surface area contributed by atoms with Gasteiger partial charge in [-0.05, 0) is 25.5 Å². The van der Waals surface area contributed by atoms with E-state index in [0.717, 1.165) is 4.31 Å². The van der Waals surface area contributed by atoms with Gasteiger partial charge in [0.1, 0.15) is 0 Å². The minimum atomic E-state index is -3.80. The molecule has 0 aromatic heterocycles. The van der Waals surface area contributed by atoms with Gasteiger partial charge in [0.05, 0.1) is 6.54 Å². The number of hydrogen-bond donors (Lipinski definition) is 2. The maximum absolute atomic E-state index is 12.5. The van der Waals surface area contributed by atoms with Gasteiger partial charge >= 0.3 is 0 Å². The van der Waals surface area contributed by atoms with Crippen molar-refractivity contribution in [2.24, 2.45) is 5.73 Å². The van der Waals surface area contributed by atoms with Crippen molar-refractivity contribution in [3.63, 3.8) is 0 Å². The van der Waals surface area contributed by atoms with Crippen molar-refractivity contribution in [2.45, 2.75) is 26.4 Å². The van der Waals surface area contributed by atoms with Crippen LogP contribution in [-0.2, 0) is 21.5 Å². The first-order valence-electron chi connectivity index (χ1n) is 6.51. The zero-order valence-electron chi connectivity index (χ0n) is 12.5. The van der Waals surface area contributed by atoms with Crippen molar-refractivity contribution in [3.05, 3.63) is 29.8 Å². The summed E-state index contributed by atoms with van der Waals surface area (Å²) in [5, 5.41) is 0. The van der Waals surface area contributed by atoms with E-state index in [1.165, 1.54) is 11.4 Å². The Morgan fingerprint density at radius 1 is 1.29 bits per heavy atom. The summed E-state index contributed by atoms with van der Waals surface area (Å²) in [6, 6.07) is 6.67. The molecular weight excluding hydrogens is 292 g/mol. The zero-order chi connectivity index (χ0) is 16.2. The number of anilines is 1. The molecule has 0 radical (unpaired) electrons. The molecule has 1 aromatic rings. The summed E-state index contributed by atoms with van der Waals surface area (Å²) in [5.41, 5.74) is 12.1. The second-order valence-electron chi connectivity index (χ2n) is 5.05. The second-order valence-corrected chi connectivity index (χ2v) is 7.04. The average Bonchev–Trinajstić information content (AvgIpc) is 2.38. The smallest absolute Gasteiger partial charge is 0.282 e. The number of nitrogens with zero attached hydrogens (tertiary/aromatic N) is 2. The first-order chi connectivity index (χ1) is 9.66. The van der Waals surface area contributed by atoms with E-state index >= 15 is 0 Å². The molecule has 1 aromatic carbocycles. The van der Waals surface area contributed by atoms with Gasteiger partial charge in [0.25, 0.3) is 10.2 Å². The van der Waals surface area contributed by atoms with Gasteiger partial charge in [-0.2, -0.15) is 17.0 Å². The summed E-state index contributed by atoms with van der Waals surface area (Å²) in [4.78, 5) is 11.2. The fourth-order valence-corrected chi connectivity index (χ4v) is 3.20. The first kappa shape index (κ1) is 17.4. The number of para-hydroxylation sites is 1. The molecule has 4 N–H and O–H groups in total. The SMILES string of the molecule is CC(C)N(C)S(=O)(=O)N(CC(N)=O)Cc1ccccc1N. The summed E-state index contributed by atoms with van der Waals surface area (Å²) in [6.07, 6.45) is 0. The Balaban J connectivity index is 3.12. The number of benzene rings is 1. The molecule has 1 amide bonds. The maximum Gasteiger partial charge on any atom is 0.282 e. The highest BCUT2D eigenvalue weighted by molar-refractivity contribution is 7.86. The summed E-state index contributed by atoms with van der Waals surface area (Å²) in [5.74, 6) is -0.717. The highest BCUT2D eigenvalue weighted by atomic mass is 32.2. The van der Waals surface area contributed by atoms with Gasteiger partial charge in [-0.1, -0.05) is 18.2 Å². The zero-order valence-corrected chi connectivity index (χ0v) is 13.3. The monoisotopic (exact) mass is 314 g/mol. The van der Waals surface area contributed by atoms with E-state index in [-0.39, 0.29) is 12.6 Å². The highest BCUT2D eigenvalue weighted by Crippen LogP contribution is 2.18. The molecule has 118 valence electrons. The van der Waals surface area contributed by atoms with Crippen LogP contribution in [0.25, 0.3) is 0 Å². The largest absolute Gasteiger partial charge is 0.398 e. The number of hydrogen-bond acceptors (Lipinski definition) is 4. The predicted molar refractivity (Wildman–Crippen MR) is 82.3 cm³/mol. The number of primary amides is 1. The van der Waals surface area contributed by atoms with Crippen LogP contribution in [0.5, 0.6) is 0 Å². The lowest BCUT2D eigenvalue weighted by atomic mass is 10.2. The van der Waals surface area contributed by atoms with Gasteiger partial charge in [-0.3, -0.25) is 4.79 Å². The number of amides is 1. The molecule has 0 saturated carbocycles. The third-order valence-corrected chi connectivity index (χ3v) is 5.21. The van der Waals surface area contributed by atoms with Crippen LogP contribution in [-0.4, -0.2) is 42.6 Å². The van der Waals surface area contributed by atoms with Crippen molar-refractivity contribution in [1.82, 2.24) is 8.61 Å². The van der Waals surface area contributed by atoms with Crippen LogP contribution in [0.2, 0.25) is 0 Å². The Hall–Kier alpha value is -1.64. The number of carbonyl (C=O) groups is 1. The molecule has 0 heterocycles. The molecule has 8 heteroatoms. The Morgan fingerprint density at radius 3 is 2.33 bits per heavy atom. The Labute approximate surface area is 125 Å². The van der Waals surface area contributed by atoms with E-state index in [9.17, 15) is 13.2 Å². The first-order valence-corrected chi connectivity index (χ1v) is 7.90. The standard InChI is InChI=1S/C13H22N4O3S/c1-10(2)16(3)21(19,20)17(9-13(15)18)8-11-6-4-5-7-12(11)14/h4-7,10H,8-9,14H2,1-3H3,(H2,15,18). The van der Waals surface area contributed by atoms with Crippen molar-refractivity contribution in [1.29, 1.82) is 0 Å². The molecule has 21 heavy (non-hydrogen) atoms. The van der Waals surface area contributed by atoms with Gasteiger partial charge < -0.3 is 11.5 Å². The van der Waals surface area contributed by atoms with E-state index in [1.54, 1.807) is 38.1 Å². The second kappa shape index (κ2) is 6.88. The van der Waals surface area contributed by atoms with E-state index in [0.29, 0.717) is 11.3 Å². The number of nitrogen functional groups attached to an aromatic ring is 1. The van der Waals surface area contributed by atoms with Crippen LogP contribution in [0.1, 0.15) is 19.4 Å². The minimum absolute atomic E-state index is 0.00495. The van der Waals surface area contributed by atoms with E-state index < -0.39 is 22.7 Å². The molecule has 1 rings (SSSR count). The normalized spacial score (nSPS) is 12.3. The molecule has 0 unspecified atom stereocenters. The third kappa shape index (κ3) is 4.42. The molecule has 0 bridgehead atoms. The van der Waals surface area contributed by atoms with Crippen molar-refractivity contribution in [2.75, 3.05) is 19.3 Å². The van der Waals surface area contributed by atoms with Gasteiger partial charge in [0, 0.05) is 25.3 Å². The molecule has 0 aliphatic rings. The predicted octanol–water partition coefficient (Wildman–Crippen LogP) is 0.141. The number of nitrogens with two attached hydrogens (primary N) is 2. The number of carbonyl (C=O) groups excluding carboxylic acids is 1. The van der Waals surface area contributed by atoms with Crippen molar-refractivity contribution in [3.8, 4) is 0 Å². The van der Waals surface area contributed by atoms with E-state index in [4.69, 9.17) is 11.5 Å². The average molecular weight is 314 g/mol. The quantitative estimate of drug-likeness (QED) is 0.698. The molecule has 0 atom stereocenters. The lowest BCUT2D eigenvalue weighted by Crippen LogP contribution is -2.47. The minimum Gasteiger partial charge on any atom is -0.398 e. The van der Waals surface area contributed by atoms with Crippen molar-refractivity contribution >= 4 is 21.8 Å². The molecule has 7 nitrogen and oxygen atoms in total. The molecule has 0 aliphatic carbocycles. The lowest BCUT2D eigenvalue weighted by Gasteiger charge is -2.29. The Morgan fingerprint density at radius 2 is 1.86 bits per heavy atom. The summed E-state index contributed by atoms with van der Waals surface area (Å²) in [7, 11) is -2.34. The van der Waals surface area contributed by atoms with Gasteiger partial charge in [0.2, 0.25) is 5.91 Å². The fraction of sp³-hybridized carbons (Fsp3) is 0.462. The van der Waals surface area contributed by atoms with Gasteiger partial charge in [0.15, 0.2) is 0 Å². The van der Waals surface area contributed by atoms with E-state index in [1.807, 2.05) is 0 Å². The fourth-order valence-electron chi connectivity index (χ4n) is 1.71. The number of rotatable bonds is 7. The van der Waals surface area contributed by atoms with Gasteiger partial charge in [-0.15, -0.1) is 0 Å². The van der Waals surface area contributed by atoms with Crippen LogP contribution < -0.4 is 11.5 Å². The van der Waals surface area contributed by atoms with Crippen LogP contribution >= 0.6 is 0 Å². The van der Waals surface area contributed by atoms with Crippen LogP contribution in [0.3, 0.4) is 0 Å². The van der Waals surface area contributed by atoms with Crippen LogP contribution in [0.15, 0.2) is 24.3 Å². The molecule has 0 fully saturated rings. The third-order valence-electron chi connectivity index (χ3n) is 3.15. The van der Waals surface area contributed by atoms with Crippen molar-refractivity contribution < 1.29 is 13.2 Å². The molecular formula is C13H22N4O3S. The summed E-state index contributed by atoms with van der Waals surface area (Å²) in [6.45, 7) is 3.09. The highest BCUT2D eigenvalue weighted by Gasteiger charge is 2.30. The topological polar surface area (TPSA) is 110 Å². The molecule has 0 aliphatic heterocycles. The Bertz CT molecular complexity index is 601. The summed E-state index contributed by atoms with van der Waals surface area (Å²) >= 11 is 0. The lowest BCUT2D eigenvalue weighted by molar-refractivity contribution is -0.118. The van der Waals surface area contributed by atoms with E-state index in [2.05, 4.69) is 0 Å². The van der Waals surface area contributed by atoms with Crippen LogP contribution in [0.4, 0.5) is 5.69 Å².